The smallest absolute Gasteiger partial charge is 0.293 e. The molecule has 0 saturated heterocycles. The molecule has 1 aromatic rings. The molecule has 0 radical (unpaired) electrons. The highest BCUT2D eigenvalue weighted by Crippen LogP contribution is 2.31. The zero-order chi connectivity index (χ0) is 16.4. The number of nitrogens with one attached hydrogen (secondary N) is 1. The number of anilines is 1. The molecule has 0 fully saturated rings. The number of hydrogen-bond donors (Lipinski definition) is 2. The predicted molar refractivity (Wildman–Crippen MR) is 78.9 cm³/mol. The van der Waals surface area contributed by atoms with E-state index < -0.39 is 21.0 Å². The van der Waals surface area contributed by atoms with E-state index in [9.17, 15) is 18.5 Å². The van der Waals surface area contributed by atoms with Crippen LogP contribution in [0.5, 0.6) is 0 Å². The van der Waals surface area contributed by atoms with Crippen molar-refractivity contribution in [3.05, 3.63) is 27.8 Å². The first kappa shape index (κ1) is 17.3. The topological polar surface area (TPSA) is 113 Å². The van der Waals surface area contributed by atoms with E-state index in [-0.39, 0.29) is 22.9 Å². The van der Waals surface area contributed by atoms with Crippen LogP contribution >= 0.6 is 0 Å². The molecule has 0 aliphatic carbocycles. The van der Waals surface area contributed by atoms with Gasteiger partial charge in [0.05, 0.1) is 16.4 Å². The van der Waals surface area contributed by atoms with E-state index in [2.05, 4.69) is 5.32 Å². The molecule has 1 aromatic carbocycles. The van der Waals surface area contributed by atoms with Crippen molar-refractivity contribution in [3.63, 3.8) is 0 Å². The first-order valence-corrected chi connectivity index (χ1v) is 7.66. The third-order valence-corrected chi connectivity index (χ3v) is 5.42. The lowest BCUT2D eigenvalue weighted by Gasteiger charge is -2.23. The number of sulfonamides is 1. The van der Waals surface area contributed by atoms with Crippen LogP contribution in [0.3, 0.4) is 0 Å². The highest BCUT2D eigenvalue weighted by Gasteiger charge is 2.29. The summed E-state index contributed by atoms with van der Waals surface area (Å²) in [6, 6.07) is 1.83. The average molecular weight is 317 g/mol. The summed E-state index contributed by atoms with van der Waals surface area (Å²) in [4.78, 5) is 10.3. The van der Waals surface area contributed by atoms with Gasteiger partial charge in [0.2, 0.25) is 10.0 Å². The largest absolute Gasteiger partial charge is 0.395 e. The Labute approximate surface area is 123 Å². The Kier molecular flexibility index (Phi) is 5.26. The van der Waals surface area contributed by atoms with Gasteiger partial charge in [-0.05, 0) is 25.5 Å². The summed E-state index contributed by atoms with van der Waals surface area (Å²) in [5, 5.41) is 22.8. The molecule has 2 N–H and O–H groups in total. The number of nitro benzene ring substituents is 1. The molecule has 0 aliphatic heterocycles. The van der Waals surface area contributed by atoms with Gasteiger partial charge in [-0.1, -0.05) is 0 Å². The molecule has 0 bridgehead atoms. The van der Waals surface area contributed by atoms with Gasteiger partial charge in [0.25, 0.3) is 5.69 Å². The Balaban J connectivity index is 3.50. The summed E-state index contributed by atoms with van der Waals surface area (Å²) < 4.78 is 26.0. The van der Waals surface area contributed by atoms with Gasteiger partial charge in [-0.3, -0.25) is 10.1 Å². The molecule has 118 valence electrons. The van der Waals surface area contributed by atoms with Crippen LogP contribution in [-0.2, 0) is 10.0 Å². The van der Waals surface area contributed by atoms with Gasteiger partial charge in [0, 0.05) is 26.2 Å². The average Bonchev–Trinajstić information content (AvgIpc) is 2.44. The monoisotopic (exact) mass is 317 g/mol. The summed E-state index contributed by atoms with van der Waals surface area (Å²) >= 11 is 0. The Morgan fingerprint density at radius 2 is 2.05 bits per heavy atom. The Morgan fingerprint density at radius 3 is 2.48 bits per heavy atom. The van der Waals surface area contributed by atoms with Gasteiger partial charge in [0.1, 0.15) is 5.69 Å². The van der Waals surface area contributed by atoms with Crippen LogP contribution in [0.25, 0.3) is 0 Å². The van der Waals surface area contributed by atoms with Crippen LogP contribution in [0.2, 0.25) is 0 Å². The lowest BCUT2D eigenvalue weighted by atomic mass is 10.2. The van der Waals surface area contributed by atoms with Crippen LogP contribution < -0.4 is 5.32 Å². The minimum atomic E-state index is -3.92. The third-order valence-electron chi connectivity index (χ3n) is 3.30. The Hall–Kier alpha value is -1.71. The maximum absolute atomic E-state index is 12.5. The summed E-state index contributed by atoms with van der Waals surface area (Å²) in [6.07, 6.45) is 0. The van der Waals surface area contributed by atoms with Crippen molar-refractivity contribution < 1.29 is 18.4 Å². The molecule has 1 rings (SSSR count). The van der Waals surface area contributed by atoms with Crippen molar-refractivity contribution in [2.75, 3.05) is 26.0 Å². The number of hydrogen-bond acceptors (Lipinski definition) is 6. The summed E-state index contributed by atoms with van der Waals surface area (Å²) in [6.45, 7) is 2.77. The van der Waals surface area contributed by atoms with Crippen molar-refractivity contribution in [2.45, 2.75) is 24.8 Å². The summed E-state index contributed by atoms with van der Waals surface area (Å²) in [7, 11) is -1.07. The molecule has 21 heavy (non-hydrogen) atoms. The molecule has 0 saturated carbocycles. The maximum Gasteiger partial charge on any atom is 0.293 e. The van der Waals surface area contributed by atoms with Gasteiger partial charge in [-0.25, -0.2) is 8.42 Å². The first-order chi connectivity index (χ1) is 9.66. The fraction of sp³-hybridized carbons (Fsp3) is 0.500. The molecule has 1 unspecified atom stereocenters. The molecule has 0 aromatic heterocycles. The second-order valence-electron chi connectivity index (χ2n) is 4.69. The van der Waals surface area contributed by atoms with Gasteiger partial charge in [0.15, 0.2) is 0 Å². The van der Waals surface area contributed by atoms with Gasteiger partial charge in [-0.15, -0.1) is 0 Å². The van der Waals surface area contributed by atoms with Gasteiger partial charge < -0.3 is 10.4 Å². The van der Waals surface area contributed by atoms with Crippen LogP contribution in [-0.4, -0.2) is 49.5 Å². The predicted octanol–water partition coefficient (Wildman–Crippen LogP) is 0.946. The molecule has 0 spiro atoms. The van der Waals surface area contributed by atoms with Crippen molar-refractivity contribution in [1.82, 2.24) is 4.31 Å². The minimum absolute atomic E-state index is 0.143. The van der Waals surface area contributed by atoms with Crippen molar-refractivity contribution in [3.8, 4) is 0 Å². The Bertz CT molecular complexity index is 645. The zero-order valence-corrected chi connectivity index (χ0v) is 13.1. The second kappa shape index (κ2) is 6.37. The SMILES string of the molecule is CNc1cc(C)c(S(=O)(=O)N(C)C(C)CO)cc1[N+](=O)[O-]. The number of likely N-dealkylation sites (N-methyl/N-ethyl adjacent to an activating group) is 1. The van der Waals surface area contributed by atoms with Crippen LogP contribution in [0.15, 0.2) is 17.0 Å². The molecule has 0 amide bonds. The van der Waals surface area contributed by atoms with E-state index in [1.807, 2.05) is 0 Å². The number of aliphatic hydroxyl groups is 1. The zero-order valence-electron chi connectivity index (χ0n) is 12.3. The van der Waals surface area contributed by atoms with E-state index in [0.29, 0.717) is 5.56 Å². The standard InChI is InChI=1S/C12H19N3O5S/c1-8-5-10(13-3)11(15(17)18)6-12(8)21(19,20)14(4)9(2)7-16/h5-6,9,13,16H,7H2,1-4H3. The quantitative estimate of drug-likeness (QED) is 0.596. The number of aliphatic hydroxyl groups excluding tert-OH is 1. The first-order valence-electron chi connectivity index (χ1n) is 6.22. The van der Waals surface area contributed by atoms with Gasteiger partial charge in [-0.2, -0.15) is 4.31 Å². The summed E-state index contributed by atoms with van der Waals surface area (Å²) in [5.74, 6) is 0. The minimum Gasteiger partial charge on any atom is -0.395 e. The number of rotatable bonds is 6. The summed E-state index contributed by atoms with van der Waals surface area (Å²) in [5.41, 5.74) is 0.322. The molecule has 9 heteroatoms. The normalized spacial score (nSPS) is 13.2. The van der Waals surface area contributed by atoms with Crippen LogP contribution in [0.1, 0.15) is 12.5 Å². The second-order valence-corrected chi connectivity index (χ2v) is 6.66. The molecular formula is C12H19N3O5S. The number of benzene rings is 1. The van der Waals surface area contributed by atoms with E-state index >= 15 is 0 Å². The number of nitro groups is 1. The van der Waals surface area contributed by atoms with Crippen LogP contribution in [0, 0.1) is 17.0 Å². The maximum atomic E-state index is 12.5. The highest BCUT2D eigenvalue weighted by molar-refractivity contribution is 7.89. The van der Waals surface area contributed by atoms with E-state index in [1.165, 1.54) is 20.2 Å². The fourth-order valence-corrected chi connectivity index (χ4v) is 3.39. The van der Waals surface area contributed by atoms with Crippen molar-refractivity contribution >= 4 is 21.4 Å². The Morgan fingerprint density at radius 1 is 1.48 bits per heavy atom. The third kappa shape index (κ3) is 3.31. The lowest BCUT2D eigenvalue weighted by molar-refractivity contribution is -0.384. The lowest BCUT2D eigenvalue weighted by Crippen LogP contribution is -2.37. The highest BCUT2D eigenvalue weighted by atomic mass is 32.2. The molecule has 1 atom stereocenters. The number of nitrogens with zero attached hydrogens (tertiary/aromatic N) is 2. The van der Waals surface area contributed by atoms with E-state index in [1.54, 1.807) is 13.8 Å². The van der Waals surface area contributed by atoms with Gasteiger partial charge >= 0.3 is 0 Å². The van der Waals surface area contributed by atoms with E-state index in [4.69, 9.17) is 5.11 Å². The number of aryl methyl sites for hydroxylation is 1. The fourth-order valence-electron chi connectivity index (χ4n) is 1.81. The van der Waals surface area contributed by atoms with Crippen molar-refractivity contribution in [1.29, 1.82) is 0 Å². The van der Waals surface area contributed by atoms with E-state index in [0.717, 1.165) is 10.4 Å². The molecule has 8 nitrogen and oxygen atoms in total. The molecular weight excluding hydrogens is 298 g/mol. The van der Waals surface area contributed by atoms with Crippen molar-refractivity contribution in [2.24, 2.45) is 0 Å². The van der Waals surface area contributed by atoms with Crippen LogP contribution in [0.4, 0.5) is 11.4 Å². The molecule has 0 aliphatic rings. The molecule has 0 heterocycles.